The summed E-state index contributed by atoms with van der Waals surface area (Å²) in [5, 5.41) is 4.94. The van der Waals surface area contributed by atoms with Gasteiger partial charge in [0, 0.05) is 40.0 Å². The molecule has 0 bridgehead atoms. The smallest absolute Gasteiger partial charge is 0.175 e. The standard InChI is InChI=1S/C21H24ClN7S/c1-13(2)24-7-4-8-29-20-18(19(23)26-12-27-20)28-21(29)30-16-10-14(9-15(22)11-16)17-5-3-6-25-17/h3,5-6,9-13,24-25H,4,7-8H2,1-2H3,(H2,23,26,27). The molecule has 3 aromatic heterocycles. The van der Waals surface area contributed by atoms with Gasteiger partial charge >= 0.3 is 0 Å². The van der Waals surface area contributed by atoms with Gasteiger partial charge in [-0.25, -0.2) is 15.0 Å². The van der Waals surface area contributed by atoms with Crippen LogP contribution in [-0.4, -0.2) is 37.1 Å². The normalized spacial score (nSPS) is 11.6. The van der Waals surface area contributed by atoms with Crippen molar-refractivity contribution in [2.24, 2.45) is 0 Å². The summed E-state index contributed by atoms with van der Waals surface area (Å²) in [5.41, 5.74) is 9.49. The lowest BCUT2D eigenvalue weighted by Gasteiger charge is -2.11. The molecule has 4 aromatic rings. The van der Waals surface area contributed by atoms with Gasteiger partial charge in [0.2, 0.25) is 0 Å². The summed E-state index contributed by atoms with van der Waals surface area (Å²) in [7, 11) is 0. The molecule has 7 nitrogen and oxygen atoms in total. The molecule has 1 aromatic carbocycles. The Balaban J connectivity index is 1.66. The zero-order valence-corrected chi connectivity index (χ0v) is 18.5. The van der Waals surface area contributed by atoms with Gasteiger partial charge in [0.05, 0.1) is 0 Å². The van der Waals surface area contributed by atoms with Gasteiger partial charge in [-0.1, -0.05) is 37.2 Å². The first kappa shape index (κ1) is 20.7. The highest BCUT2D eigenvalue weighted by Crippen LogP contribution is 2.35. The summed E-state index contributed by atoms with van der Waals surface area (Å²) < 4.78 is 2.11. The van der Waals surface area contributed by atoms with Gasteiger partial charge in [-0.15, -0.1) is 0 Å². The number of hydrogen-bond acceptors (Lipinski definition) is 6. The SMILES string of the molecule is CC(C)NCCCn1c(Sc2cc(Cl)cc(-c3ccc[nH]3)c2)nc2c(N)ncnc21. The Morgan fingerprint density at radius 3 is 2.90 bits per heavy atom. The Bertz CT molecular complexity index is 1140. The third kappa shape index (κ3) is 4.61. The first-order valence-corrected chi connectivity index (χ1v) is 11.0. The van der Waals surface area contributed by atoms with Crippen LogP contribution in [0.5, 0.6) is 0 Å². The lowest BCUT2D eigenvalue weighted by atomic mass is 10.1. The molecule has 9 heteroatoms. The van der Waals surface area contributed by atoms with Crippen LogP contribution in [-0.2, 0) is 6.54 Å². The van der Waals surface area contributed by atoms with Crippen molar-refractivity contribution in [1.82, 2.24) is 29.8 Å². The van der Waals surface area contributed by atoms with E-state index in [1.165, 1.54) is 6.33 Å². The van der Waals surface area contributed by atoms with Crippen molar-refractivity contribution < 1.29 is 0 Å². The van der Waals surface area contributed by atoms with E-state index in [2.05, 4.69) is 44.7 Å². The van der Waals surface area contributed by atoms with E-state index in [9.17, 15) is 0 Å². The summed E-state index contributed by atoms with van der Waals surface area (Å²) in [6.45, 7) is 5.97. The fourth-order valence-corrected chi connectivity index (χ4v) is 4.54. The topological polar surface area (TPSA) is 97.4 Å². The van der Waals surface area contributed by atoms with Crippen LogP contribution in [0.3, 0.4) is 0 Å². The third-order valence-electron chi connectivity index (χ3n) is 4.63. The fraction of sp³-hybridized carbons (Fsp3) is 0.286. The van der Waals surface area contributed by atoms with Gasteiger partial charge < -0.3 is 20.6 Å². The van der Waals surface area contributed by atoms with Gasteiger partial charge in [0.1, 0.15) is 6.33 Å². The van der Waals surface area contributed by atoms with E-state index in [0.717, 1.165) is 46.5 Å². The number of rotatable bonds is 8. The highest BCUT2D eigenvalue weighted by atomic mass is 35.5. The second-order valence-corrected chi connectivity index (χ2v) is 8.78. The number of nitrogens with one attached hydrogen (secondary N) is 2. The molecule has 0 saturated carbocycles. The Morgan fingerprint density at radius 1 is 1.27 bits per heavy atom. The van der Waals surface area contributed by atoms with Gasteiger partial charge in [0.25, 0.3) is 0 Å². The van der Waals surface area contributed by atoms with Crippen LogP contribution in [0.25, 0.3) is 22.4 Å². The van der Waals surface area contributed by atoms with E-state index < -0.39 is 0 Å². The van der Waals surface area contributed by atoms with E-state index in [0.29, 0.717) is 22.4 Å². The number of nitrogens with two attached hydrogens (primary N) is 1. The van der Waals surface area contributed by atoms with Crippen molar-refractivity contribution in [1.29, 1.82) is 0 Å². The van der Waals surface area contributed by atoms with Gasteiger partial charge in [0.15, 0.2) is 22.1 Å². The number of H-pyrrole nitrogens is 1. The summed E-state index contributed by atoms with van der Waals surface area (Å²) in [4.78, 5) is 17.5. The molecule has 30 heavy (non-hydrogen) atoms. The molecule has 3 heterocycles. The molecule has 0 amide bonds. The number of hydrogen-bond donors (Lipinski definition) is 3. The summed E-state index contributed by atoms with van der Waals surface area (Å²) in [5.74, 6) is 0.388. The van der Waals surface area contributed by atoms with Crippen molar-refractivity contribution in [2.75, 3.05) is 12.3 Å². The summed E-state index contributed by atoms with van der Waals surface area (Å²) in [6, 6.07) is 10.4. The third-order valence-corrected chi connectivity index (χ3v) is 5.81. The maximum atomic E-state index is 6.40. The predicted molar refractivity (Wildman–Crippen MR) is 123 cm³/mol. The molecular formula is C21H24ClN7S. The zero-order valence-electron chi connectivity index (χ0n) is 16.9. The molecule has 0 fully saturated rings. The number of aromatic amines is 1. The average Bonchev–Trinajstić information content (AvgIpc) is 3.34. The second-order valence-electron chi connectivity index (χ2n) is 7.30. The minimum absolute atomic E-state index is 0.388. The number of benzene rings is 1. The number of imidazole rings is 1. The van der Waals surface area contributed by atoms with Crippen molar-refractivity contribution in [3.8, 4) is 11.3 Å². The van der Waals surface area contributed by atoms with Crippen molar-refractivity contribution in [2.45, 2.75) is 42.9 Å². The molecule has 0 aliphatic heterocycles. The van der Waals surface area contributed by atoms with Crippen molar-refractivity contribution in [3.63, 3.8) is 0 Å². The highest BCUT2D eigenvalue weighted by Gasteiger charge is 2.16. The Hall–Kier alpha value is -2.55. The number of anilines is 1. The number of aryl methyl sites for hydroxylation is 1. The molecule has 4 rings (SSSR count). The first-order chi connectivity index (χ1) is 14.5. The molecule has 0 atom stereocenters. The molecule has 0 radical (unpaired) electrons. The quantitative estimate of drug-likeness (QED) is 0.346. The Labute approximate surface area is 184 Å². The van der Waals surface area contributed by atoms with Crippen LogP contribution < -0.4 is 11.1 Å². The first-order valence-electron chi connectivity index (χ1n) is 9.83. The molecule has 156 valence electrons. The summed E-state index contributed by atoms with van der Waals surface area (Å²) >= 11 is 7.95. The molecule has 0 spiro atoms. The number of nitrogen functional groups attached to an aromatic ring is 1. The van der Waals surface area contributed by atoms with Crippen LogP contribution in [0.4, 0.5) is 5.82 Å². The highest BCUT2D eigenvalue weighted by molar-refractivity contribution is 7.99. The molecule has 0 saturated heterocycles. The summed E-state index contributed by atoms with van der Waals surface area (Å²) in [6.07, 6.45) is 4.33. The van der Waals surface area contributed by atoms with Gasteiger partial charge in [-0.05, 0) is 43.3 Å². The van der Waals surface area contributed by atoms with Gasteiger partial charge in [-0.2, -0.15) is 0 Å². The fourth-order valence-electron chi connectivity index (χ4n) is 3.23. The van der Waals surface area contributed by atoms with Crippen molar-refractivity contribution in [3.05, 3.63) is 47.9 Å². The Kier molecular flexibility index (Phi) is 6.26. The van der Waals surface area contributed by atoms with E-state index in [1.807, 2.05) is 30.5 Å². The minimum Gasteiger partial charge on any atom is -0.382 e. The van der Waals surface area contributed by atoms with Crippen LogP contribution in [0.15, 0.2) is 52.9 Å². The van der Waals surface area contributed by atoms with Gasteiger partial charge in [-0.3, -0.25) is 0 Å². The van der Waals surface area contributed by atoms with E-state index in [4.69, 9.17) is 22.3 Å². The maximum absolute atomic E-state index is 6.40. The van der Waals surface area contributed by atoms with Crippen LogP contribution >= 0.6 is 23.4 Å². The van der Waals surface area contributed by atoms with E-state index in [1.54, 1.807) is 11.8 Å². The number of halogens is 1. The lowest BCUT2D eigenvalue weighted by molar-refractivity contribution is 0.525. The van der Waals surface area contributed by atoms with Crippen molar-refractivity contribution >= 4 is 40.3 Å². The number of nitrogens with zero attached hydrogens (tertiary/aromatic N) is 4. The van der Waals surface area contributed by atoms with E-state index in [-0.39, 0.29) is 0 Å². The number of fused-ring (bicyclic) bond motifs is 1. The molecule has 0 unspecified atom stereocenters. The Morgan fingerprint density at radius 2 is 2.13 bits per heavy atom. The maximum Gasteiger partial charge on any atom is 0.175 e. The van der Waals surface area contributed by atoms with Crippen LogP contribution in [0.2, 0.25) is 5.02 Å². The second kappa shape index (κ2) is 9.07. The van der Waals surface area contributed by atoms with Crippen LogP contribution in [0.1, 0.15) is 20.3 Å². The molecule has 0 aliphatic carbocycles. The molecule has 0 aliphatic rings. The van der Waals surface area contributed by atoms with Crippen LogP contribution in [0, 0.1) is 0 Å². The predicted octanol–water partition coefficient (Wildman–Crippen LogP) is 4.60. The monoisotopic (exact) mass is 441 g/mol. The zero-order chi connectivity index (χ0) is 21.1. The number of aromatic nitrogens is 5. The minimum atomic E-state index is 0.388. The molecule has 4 N–H and O–H groups in total. The molecular weight excluding hydrogens is 418 g/mol. The largest absolute Gasteiger partial charge is 0.382 e. The average molecular weight is 442 g/mol. The lowest BCUT2D eigenvalue weighted by Crippen LogP contribution is -2.24. The van der Waals surface area contributed by atoms with E-state index >= 15 is 0 Å².